The van der Waals surface area contributed by atoms with E-state index in [0.29, 0.717) is 22.6 Å². The maximum Gasteiger partial charge on any atom is 0.259 e. The van der Waals surface area contributed by atoms with Gasteiger partial charge in [0.05, 0.1) is 23.2 Å². The molecule has 0 fully saturated rings. The second-order valence-electron chi connectivity index (χ2n) is 8.20. The molecule has 0 aliphatic heterocycles. The van der Waals surface area contributed by atoms with Crippen molar-refractivity contribution in [2.75, 3.05) is 5.32 Å². The zero-order chi connectivity index (χ0) is 24.9. The van der Waals surface area contributed by atoms with Crippen molar-refractivity contribution >= 4 is 23.5 Å². The quantitative estimate of drug-likeness (QED) is 0.214. The number of carbonyl (C=O) groups is 2. The lowest BCUT2D eigenvalue weighted by Gasteiger charge is -2.05. The third-order valence-corrected chi connectivity index (χ3v) is 5.76. The number of nitrogens with zero attached hydrogens (tertiary/aromatic N) is 2. The molecule has 0 saturated heterocycles. The van der Waals surface area contributed by atoms with E-state index in [1.807, 2.05) is 71.5 Å². The Hall–Kier alpha value is -4.97. The van der Waals surface area contributed by atoms with E-state index < -0.39 is 0 Å². The van der Waals surface area contributed by atoms with Gasteiger partial charge in [-0.1, -0.05) is 48.5 Å². The highest BCUT2D eigenvalue weighted by Gasteiger charge is 2.13. The van der Waals surface area contributed by atoms with Crippen molar-refractivity contribution in [3.05, 3.63) is 132 Å². The van der Waals surface area contributed by atoms with Gasteiger partial charge in [-0.25, -0.2) is 4.68 Å². The van der Waals surface area contributed by atoms with E-state index in [1.165, 1.54) is 6.26 Å². The number of hydrogen-bond donors (Lipinski definition) is 1. The monoisotopic (exact) mass is 473 g/mol. The fourth-order valence-corrected chi connectivity index (χ4v) is 3.84. The smallest absolute Gasteiger partial charge is 0.259 e. The number of aromatic nitrogens is 2. The van der Waals surface area contributed by atoms with E-state index >= 15 is 0 Å². The maximum absolute atomic E-state index is 12.9. The zero-order valence-electron chi connectivity index (χ0n) is 19.6. The molecule has 3 aromatic carbocycles. The van der Waals surface area contributed by atoms with E-state index in [9.17, 15) is 9.59 Å². The minimum atomic E-state index is -0.260. The predicted molar refractivity (Wildman–Crippen MR) is 140 cm³/mol. The Kier molecular flexibility index (Phi) is 6.40. The number of ketones is 1. The summed E-state index contributed by atoms with van der Waals surface area (Å²) in [7, 11) is 0. The molecule has 0 spiro atoms. The standard InChI is InChI=1S/C30H23N3O3/c1-21-27(18-19-36-21)30(35)31-25-15-12-22(13-16-25)28(34)17-14-24-20-33(26-10-6-3-7-11-26)32-29(24)23-8-4-2-5-9-23/h2-20H,1H3,(H,31,35)/b17-14+. The maximum atomic E-state index is 12.9. The molecule has 0 aliphatic rings. The van der Waals surface area contributed by atoms with Gasteiger partial charge in [0.1, 0.15) is 5.76 Å². The van der Waals surface area contributed by atoms with Crippen LogP contribution in [0.2, 0.25) is 0 Å². The van der Waals surface area contributed by atoms with Crippen LogP contribution in [0.15, 0.2) is 114 Å². The van der Waals surface area contributed by atoms with Crippen LogP contribution in [0.1, 0.15) is 32.0 Å². The van der Waals surface area contributed by atoms with Crippen molar-refractivity contribution in [2.24, 2.45) is 0 Å². The molecule has 2 aromatic heterocycles. The number of amides is 1. The van der Waals surface area contributed by atoms with Crippen LogP contribution in [0, 0.1) is 6.92 Å². The molecule has 0 unspecified atom stereocenters. The van der Waals surface area contributed by atoms with Crippen LogP contribution < -0.4 is 5.32 Å². The van der Waals surface area contributed by atoms with Crippen molar-refractivity contribution in [3.8, 4) is 16.9 Å². The van der Waals surface area contributed by atoms with Crippen LogP contribution in [-0.2, 0) is 0 Å². The van der Waals surface area contributed by atoms with Gasteiger partial charge < -0.3 is 9.73 Å². The number of rotatable bonds is 7. The lowest BCUT2D eigenvalue weighted by Crippen LogP contribution is -2.12. The van der Waals surface area contributed by atoms with Crippen molar-refractivity contribution in [3.63, 3.8) is 0 Å². The van der Waals surface area contributed by atoms with Crippen LogP contribution in [0.5, 0.6) is 0 Å². The summed E-state index contributed by atoms with van der Waals surface area (Å²) in [5, 5.41) is 7.59. The van der Waals surface area contributed by atoms with Gasteiger partial charge in [-0.2, -0.15) is 5.10 Å². The molecule has 176 valence electrons. The number of aryl methyl sites for hydroxylation is 1. The fourth-order valence-electron chi connectivity index (χ4n) is 3.84. The Morgan fingerprint density at radius 1 is 0.889 bits per heavy atom. The minimum Gasteiger partial charge on any atom is -0.469 e. The number of hydrogen-bond acceptors (Lipinski definition) is 4. The number of anilines is 1. The molecule has 36 heavy (non-hydrogen) atoms. The predicted octanol–water partition coefficient (Wildman–Crippen LogP) is 6.59. The third-order valence-electron chi connectivity index (χ3n) is 5.76. The molecular formula is C30H23N3O3. The lowest BCUT2D eigenvalue weighted by atomic mass is 10.1. The zero-order valence-corrected chi connectivity index (χ0v) is 19.6. The van der Waals surface area contributed by atoms with Gasteiger partial charge in [0.15, 0.2) is 5.78 Å². The van der Waals surface area contributed by atoms with E-state index in [0.717, 1.165) is 22.5 Å². The lowest BCUT2D eigenvalue weighted by molar-refractivity contribution is 0.102. The van der Waals surface area contributed by atoms with Crippen molar-refractivity contribution < 1.29 is 14.0 Å². The van der Waals surface area contributed by atoms with Gasteiger partial charge >= 0.3 is 0 Å². The molecule has 6 nitrogen and oxygen atoms in total. The number of furan rings is 1. The Labute approximate surface area is 208 Å². The number of para-hydroxylation sites is 1. The molecule has 5 rings (SSSR count). The first kappa shape index (κ1) is 22.8. The van der Waals surface area contributed by atoms with Crippen LogP contribution in [0.3, 0.4) is 0 Å². The van der Waals surface area contributed by atoms with E-state index in [-0.39, 0.29) is 11.7 Å². The molecular weight excluding hydrogens is 450 g/mol. The number of benzene rings is 3. The highest BCUT2D eigenvalue weighted by molar-refractivity contribution is 6.08. The van der Waals surface area contributed by atoms with E-state index in [4.69, 9.17) is 9.52 Å². The molecule has 0 atom stereocenters. The summed E-state index contributed by atoms with van der Waals surface area (Å²) in [4.78, 5) is 25.3. The third kappa shape index (κ3) is 4.93. The molecule has 0 aliphatic carbocycles. The summed E-state index contributed by atoms with van der Waals surface area (Å²) in [6, 6.07) is 28.1. The summed E-state index contributed by atoms with van der Waals surface area (Å²) in [5.74, 6) is 0.143. The van der Waals surface area contributed by atoms with Crippen LogP contribution >= 0.6 is 0 Å². The topological polar surface area (TPSA) is 77.1 Å². The molecule has 6 heteroatoms. The van der Waals surface area contributed by atoms with Crippen molar-refractivity contribution in [2.45, 2.75) is 6.92 Å². The molecule has 1 N–H and O–H groups in total. The fraction of sp³-hybridized carbons (Fsp3) is 0.0333. The summed E-state index contributed by atoms with van der Waals surface area (Å²) >= 11 is 0. The molecule has 1 amide bonds. The summed E-state index contributed by atoms with van der Waals surface area (Å²) in [5.41, 5.74) is 5.10. The summed E-state index contributed by atoms with van der Waals surface area (Å²) in [6.07, 6.45) is 6.72. The first-order valence-corrected chi connectivity index (χ1v) is 11.5. The second kappa shape index (κ2) is 10.1. The van der Waals surface area contributed by atoms with Gasteiger partial charge in [-0.3, -0.25) is 9.59 Å². The highest BCUT2D eigenvalue weighted by Crippen LogP contribution is 2.25. The van der Waals surface area contributed by atoms with E-state index in [1.54, 1.807) is 49.4 Å². The largest absolute Gasteiger partial charge is 0.469 e. The summed E-state index contributed by atoms with van der Waals surface area (Å²) in [6.45, 7) is 1.73. The first-order valence-electron chi connectivity index (χ1n) is 11.5. The first-order chi connectivity index (χ1) is 17.6. The Balaban J connectivity index is 1.36. The molecule has 0 bridgehead atoms. The second-order valence-corrected chi connectivity index (χ2v) is 8.20. The average molecular weight is 474 g/mol. The average Bonchev–Trinajstić information content (AvgIpc) is 3.55. The van der Waals surface area contributed by atoms with Crippen molar-refractivity contribution in [1.82, 2.24) is 9.78 Å². The number of carbonyl (C=O) groups excluding carboxylic acids is 2. The summed E-state index contributed by atoms with van der Waals surface area (Å²) < 4.78 is 6.99. The molecule has 0 saturated carbocycles. The van der Waals surface area contributed by atoms with Crippen LogP contribution in [-0.4, -0.2) is 21.5 Å². The van der Waals surface area contributed by atoms with Gasteiger partial charge in [0.2, 0.25) is 0 Å². The Bertz CT molecular complexity index is 1530. The molecule has 2 heterocycles. The normalized spacial score (nSPS) is 11.0. The van der Waals surface area contributed by atoms with Gasteiger partial charge in [-0.05, 0) is 61.5 Å². The van der Waals surface area contributed by atoms with Crippen LogP contribution in [0.25, 0.3) is 23.0 Å². The molecule has 0 radical (unpaired) electrons. The SMILES string of the molecule is Cc1occc1C(=O)Nc1ccc(C(=O)/C=C/c2cn(-c3ccccc3)nc2-c2ccccc2)cc1. The van der Waals surface area contributed by atoms with Gasteiger partial charge in [-0.15, -0.1) is 0 Å². The number of allylic oxidation sites excluding steroid dienone is 1. The van der Waals surface area contributed by atoms with Crippen LogP contribution in [0.4, 0.5) is 5.69 Å². The minimum absolute atomic E-state index is 0.148. The van der Waals surface area contributed by atoms with E-state index in [2.05, 4.69) is 5.32 Å². The number of nitrogens with one attached hydrogen (secondary N) is 1. The Morgan fingerprint density at radius 3 is 2.25 bits per heavy atom. The van der Waals surface area contributed by atoms with Gasteiger partial charge in [0.25, 0.3) is 5.91 Å². The van der Waals surface area contributed by atoms with Gasteiger partial charge in [0, 0.05) is 28.6 Å². The Morgan fingerprint density at radius 2 is 1.58 bits per heavy atom. The molecule has 5 aromatic rings. The van der Waals surface area contributed by atoms with Crippen molar-refractivity contribution in [1.29, 1.82) is 0 Å². The highest BCUT2D eigenvalue weighted by atomic mass is 16.3.